The van der Waals surface area contributed by atoms with Gasteiger partial charge in [0.25, 0.3) is 0 Å². The summed E-state index contributed by atoms with van der Waals surface area (Å²) in [6.45, 7) is 4.45. The molecular weight excluding hydrogens is 268 g/mol. The second kappa shape index (κ2) is 4.83. The molecule has 1 N–H and O–H groups in total. The Morgan fingerprint density at radius 3 is 2.52 bits per heavy atom. The third-order valence-corrected chi connectivity index (χ3v) is 4.99. The number of aliphatic carboxylic acids is 1. The summed E-state index contributed by atoms with van der Waals surface area (Å²) < 4.78 is 0. The van der Waals surface area contributed by atoms with Gasteiger partial charge in [-0.3, -0.25) is 14.6 Å². The molecule has 2 fully saturated rings. The first-order valence-electron chi connectivity index (χ1n) is 7.38. The van der Waals surface area contributed by atoms with Crippen LogP contribution in [0.1, 0.15) is 38.3 Å². The summed E-state index contributed by atoms with van der Waals surface area (Å²) in [5.74, 6) is -1.81. The fraction of sp³-hybridized carbons (Fsp3) is 0.562. The fourth-order valence-electron chi connectivity index (χ4n) is 3.70. The maximum Gasteiger partial charge on any atom is 0.307 e. The molecule has 5 nitrogen and oxygen atoms in total. The largest absolute Gasteiger partial charge is 0.481 e. The molecule has 0 spiro atoms. The molecule has 1 aliphatic carbocycles. The zero-order valence-corrected chi connectivity index (χ0v) is 12.3. The summed E-state index contributed by atoms with van der Waals surface area (Å²) in [5.41, 5.74) is 0.648. The van der Waals surface area contributed by atoms with Crippen LogP contribution in [0.3, 0.4) is 0 Å². The SMILES string of the molecule is CC1(C)C(C(=O)O)C1C(=O)N1CCCC1c1ccncc1. The molecule has 1 amide bonds. The van der Waals surface area contributed by atoms with Crippen LogP contribution in [0.2, 0.25) is 0 Å². The van der Waals surface area contributed by atoms with E-state index >= 15 is 0 Å². The first-order valence-corrected chi connectivity index (χ1v) is 7.38. The average Bonchev–Trinajstić information content (AvgIpc) is 2.84. The Bertz CT molecular complexity index is 570. The molecule has 1 aliphatic heterocycles. The van der Waals surface area contributed by atoms with E-state index in [4.69, 9.17) is 0 Å². The van der Waals surface area contributed by atoms with E-state index in [1.807, 2.05) is 30.9 Å². The topological polar surface area (TPSA) is 70.5 Å². The summed E-state index contributed by atoms with van der Waals surface area (Å²) in [6, 6.07) is 3.93. The van der Waals surface area contributed by atoms with Crippen LogP contribution in [0, 0.1) is 17.3 Å². The van der Waals surface area contributed by atoms with Crippen molar-refractivity contribution in [2.24, 2.45) is 17.3 Å². The lowest BCUT2D eigenvalue weighted by molar-refractivity contribution is -0.142. The number of rotatable bonds is 3. The normalized spacial score (nSPS) is 30.2. The van der Waals surface area contributed by atoms with E-state index in [2.05, 4.69) is 4.98 Å². The van der Waals surface area contributed by atoms with Gasteiger partial charge in [-0.2, -0.15) is 0 Å². The van der Waals surface area contributed by atoms with Gasteiger partial charge < -0.3 is 10.0 Å². The van der Waals surface area contributed by atoms with E-state index in [-0.39, 0.29) is 11.9 Å². The minimum absolute atomic E-state index is 0.00767. The van der Waals surface area contributed by atoms with Gasteiger partial charge in [0.2, 0.25) is 5.91 Å². The Labute approximate surface area is 124 Å². The van der Waals surface area contributed by atoms with Crippen molar-refractivity contribution in [2.45, 2.75) is 32.7 Å². The number of carbonyl (C=O) groups excluding carboxylic acids is 1. The summed E-state index contributed by atoms with van der Waals surface area (Å²) in [4.78, 5) is 29.9. The highest BCUT2D eigenvalue weighted by Gasteiger charge is 2.67. The van der Waals surface area contributed by atoms with Gasteiger partial charge in [-0.1, -0.05) is 13.8 Å². The number of likely N-dealkylation sites (tertiary alicyclic amines) is 1. The van der Waals surface area contributed by atoms with Crippen LogP contribution >= 0.6 is 0 Å². The maximum atomic E-state index is 12.8. The Kier molecular flexibility index (Phi) is 3.23. The quantitative estimate of drug-likeness (QED) is 0.924. The van der Waals surface area contributed by atoms with Crippen molar-refractivity contribution >= 4 is 11.9 Å². The van der Waals surface area contributed by atoms with Gasteiger partial charge in [-0.15, -0.1) is 0 Å². The number of aromatic nitrogens is 1. The van der Waals surface area contributed by atoms with Crippen LogP contribution < -0.4 is 0 Å². The molecule has 2 aliphatic rings. The summed E-state index contributed by atoms with van der Waals surface area (Å²) in [7, 11) is 0. The van der Waals surface area contributed by atoms with Crippen molar-refractivity contribution < 1.29 is 14.7 Å². The zero-order chi connectivity index (χ0) is 15.2. The number of carbonyl (C=O) groups is 2. The van der Waals surface area contributed by atoms with Crippen molar-refractivity contribution in [2.75, 3.05) is 6.54 Å². The molecule has 1 aromatic rings. The predicted molar refractivity (Wildman–Crippen MR) is 76.3 cm³/mol. The van der Waals surface area contributed by atoms with Crippen molar-refractivity contribution in [1.29, 1.82) is 0 Å². The molecule has 1 saturated carbocycles. The molecule has 0 radical (unpaired) electrons. The van der Waals surface area contributed by atoms with E-state index in [9.17, 15) is 14.7 Å². The summed E-state index contributed by atoms with van der Waals surface area (Å²) in [5, 5.41) is 9.25. The van der Waals surface area contributed by atoms with Gasteiger partial charge >= 0.3 is 5.97 Å². The summed E-state index contributed by atoms with van der Waals surface area (Å²) in [6.07, 6.45) is 5.36. The van der Waals surface area contributed by atoms with Gasteiger partial charge in [0.05, 0.1) is 17.9 Å². The van der Waals surface area contributed by atoms with Crippen LogP contribution in [0.25, 0.3) is 0 Å². The van der Waals surface area contributed by atoms with Crippen molar-refractivity contribution in [3.05, 3.63) is 30.1 Å². The van der Waals surface area contributed by atoms with Gasteiger partial charge in [-0.25, -0.2) is 0 Å². The molecular formula is C16H20N2O3. The van der Waals surface area contributed by atoms with E-state index in [1.165, 1.54) is 0 Å². The molecule has 0 aromatic carbocycles. The van der Waals surface area contributed by atoms with E-state index in [0.29, 0.717) is 6.54 Å². The smallest absolute Gasteiger partial charge is 0.307 e. The van der Waals surface area contributed by atoms with Crippen LogP contribution in [0.5, 0.6) is 0 Å². The van der Waals surface area contributed by atoms with Crippen molar-refractivity contribution in [3.8, 4) is 0 Å². The third-order valence-electron chi connectivity index (χ3n) is 4.99. The number of hydrogen-bond donors (Lipinski definition) is 1. The van der Waals surface area contributed by atoms with E-state index in [1.54, 1.807) is 12.4 Å². The number of nitrogens with zero attached hydrogens (tertiary/aromatic N) is 2. The third kappa shape index (κ3) is 2.20. The standard InChI is InChI=1S/C16H20N2O3/c1-16(2)12(13(16)15(20)21)14(19)18-9-3-4-11(18)10-5-7-17-8-6-10/h5-8,11-13H,3-4,9H2,1-2H3,(H,20,21). The minimum Gasteiger partial charge on any atom is -0.481 e. The number of carboxylic acids is 1. The van der Waals surface area contributed by atoms with Gasteiger partial charge in [0.1, 0.15) is 0 Å². The fourth-order valence-corrected chi connectivity index (χ4v) is 3.70. The maximum absolute atomic E-state index is 12.8. The molecule has 5 heteroatoms. The minimum atomic E-state index is -0.863. The predicted octanol–water partition coefficient (Wildman–Crippen LogP) is 2.10. The number of carboxylic acid groups (broad SMARTS) is 1. The summed E-state index contributed by atoms with van der Waals surface area (Å²) >= 11 is 0. The Morgan fingerprint density at radius 2 is 1.95 bits per heavy atom. The van der Waals surface area contributed by atoms with Gasteiger partial charge in [0.15, 0.2) is 0 Å². The second-order valence-corrected chi connectivity index (χ2v) is 6.59. The highest BCUT2D eigenvalue weighted by molar-refractivity contribution is 5.92. The van der Waals surface area contributed by atoms with Crippen molar-refractivity contribution in [1.82, 2.24) is 9.88 Å². The molecule has 3 atom stereocenters. The zero-order valence-electron chi connectivity index (χ0n) is 12.3. The Hall–Kier alpha value is -1.91. The Morgan fingerprint density at radius 1 is 1.29 bits per heavy atom. The van der Waals surface area contributed by atoms with Crippen LogP contribution in [0.4, 0.5) is 0 Å². The van der Waals surface area contributed by atoms with Crippen molar-refractivity contribution in [3.63, 3.8) is 0 Å². The molecule has 21 heavy (non-hydrogen) atoms. The van der Waals surface area contributed by atoms with E-state index in [0.717, 1.165) is 18.4 Å². The average molecular weight is 288 g/mol. The van der Waals surface area contributed by atoms with Gasteiger partial charge in [0, 0.05) is 18.9 Å². The lowest BCUT2D eigenvalue weighted by atomic mass is 10.0. The first-order chi connectivity index (χ1) is 9.94. The lowest BCUT2D eigenvalue weighted by Crippen LogP contribution is -2.33. The van der Waals surface area contributed by atoms with Crippen LogP contribution in [-0.2, 0) is 9.59 Å². The second-order valence-electron chi connectivity index (χ2n) is 6.59. The molecule has 2 heterocycles. The monoisotopic (exact) mass is 288 g/mol. The molecule has 1 saturated heterocycles. The van der Waals surface area contributed by atoms with Crippen LogP contribution in [-0.4, -0.2) is 33.4 Å². The first kappa shape index (κ1) is 14.0. The molecule has 3 unspecified atom stereocenters. The number of pyridine rings is 1. The van der Waals surface area contributed by atoms with Crippen LogP contribution in [0.15, 0.2) is 24.5 Å². The molecule has 112 valence electrons. The number of hydrogen-bond acceptors (Lipinski definition) is 3. The molecule has 0 bridgehead atoms. The molecule has 3 rings (SSSR count). The molecule has 1 aromatic heterocycles. The lowest BCUT2D eigenvalue weighted by Gasteiger charge is -2.25. The Balaban J connectivity index is 1.81. The van der Waals surface area contributed by atoms with E-state index < -0.39 is 23.2 Å². The highest BCUT2D eigenvalue weighted by atomic mass is 16.4. The highest BCUT2D eigenvalue weighted by Crippen LogP contribution is 2.59. The van der Waals surface area contributed by atoms with Gasteiger partial charge in [-0.05, 0) is 36.0 Å². The number of amides is 1.